The van der Waals surface area contributed by atoms with Crippen LogP contribution in [-0.2, 0) is 4.79 Å². The quantitative estimate of drug-likeness (QED) is 0.152. The van der Waals surface area contributed by atoms with E-state index in [0.29, 0.717) is 19.5 Å². The molecule has 0 aliphatic carbocycles. The summed E-state index contributed by atoms with van der Waals surface area (Å²) >= 11 is 0. The number of likely N-dealkylation sites (N-methyl/N-ethyl adjacent to an activating group) is 1. The highest BCUT2D eigenvalue weighted by atomic mass is 16.2. The van der Waals surface area contributed by atoms with Gasteiger partial charge >= 0.3 is 0 Å². The molecule has 0 saturated heterocycles. The second-order valence-corrected chi connectivity index (χ2v) is 6.39. The number of carbonyl (C=O) groups excluding carboxylic acids is 1. The molecule has 0 fully saturated rings. The Labute approximate surface area is 153 Å². The lowest BCUT2D eigenvalue weighted by molar-refractivity contribution is -0.123. The maximum Gasteiger partial charge on any atom is 0.237 e. The predicted octanol–water partition coefficient (Wildman–Crippen LogP) is -0.546. The smallest absolute Gasteiger partial charge is 0.237 e. The summed E-state index contributed by atoms with van der Waals surface area (Å²) in [6.45, 7) is 14.4. The van der Waals surface area contributed by atoms with Crippen LogP contribution in [0.4, 0.5) is 0 Å². The van der Waals surface area contributed by atoms with Crippen LogP contribution in [0.25, 0.3) is 0 Å². The van der Waals surface area contributed by atoms with E-state index in [-0.39, 0.29) is 24.0 Å². The summed E-state index contributed by atoms with van der Waals surface area (Å²) in [5, 5.41) is 9.65. The SMILES string of the molecule is CCN(CC)CCNCCNC(=O)C(CCCN=C(N)N)NC(C)C. The molecule has 0 spiro atoms. The van der Waals surface area contributed by atoms with E-state index in [0.717, 1.165) is 39.1 Å². The van der Waals surface area contributed by atoms with Crippen molar-refractivity contribution in [2.24, 2.45) is 16.5 Å². The van der Waals surface area contributed by atoms with E-state index < -0.39 is 0 Å². The van der Waals surface area contributed by atoms with Gasteiger partial charge in [0.25, 0.3) is 0 Å². The van der Waals surface area contributed by atoms with Crippen molar-refractivity contribution < 1.29 is 4.79 Å². The van der Waals surface area contributed by atoms with Crippen LogP contribution < -0.4 is 27.4 Å². The standard InChI is InChI=1S/C17H39N7O/c1-5-24(6-2)13-12-20-10-11-21-16(25)15(23-14(3)4)8-7-9-22-17(18)19/h14-15,20,23H,5-13H2,1-4H3,(H,21,25)(H4,18,19,22). The van der Waals surface area contributed by atoms with E-state index in [2.05, 4.69) is 39.7 Å². The van der Waals surface area contributed by atoms with Gasteiger partial charge in [0, 0.05) is 38.8 Å². The van der Waals surface area contributed by atoms with Crippen molar-refractivity contribution in [2.75, 3.05) is 45.8 Å². The minimum Gasteiger partial charge on any atom is -0.370 e. The largest absolute Gasteiger partial charge is 0.370 e. The summed E-state index contributed by atoms with van der Waals surface area (Å²) in [6, 6.07) is 0.0240. The lowest BCUT2D eigenvalue weighted by Crippen LogP contribution is -2.48. The van der Waals surface area contributed by atoms with Crippen LogP contribution in [0.2, 0.25) is 0 Å². The summed E-state index contributed by atoms with van der Waals surface area (Å²) in [5.41, 5.74) is 10.6. The van der Waals surface area contributed by atoms with E-state index in [9.17, 15) is 4.79 Å². The average Bonchev–Trinajstić information content (AvgIpc) is 2.56. The maximum atomic E-state index is 12.3. The number of aliphatic imine (C=N–C) groups is 1. The van der Waals surface area contributed by atoms with E-state index in [1.165, 1.54) is 0 Å². The van der Waals surface area contributed by atoms with E-state index in [4.69, 9.17) is 11.5 Å². The molecule has 148 valence electrons. The number of nitrogens with zero attached hydrogens (tertiary/aromatic N) is 2. The average molecular weight is 358 g/mol. The highest BCUT2D eigenvalue weighted by Crippen LogP contribution is 2.00. The lowest BCUT2D eigenvalue weighted by atomic mass is 10.1. The zero-order valence-electron chi connectivity index (χ0n) is 16.5. The van der Waals surface area contributed by atoms with Crippen molar-refractivity contribution in [1.82, 2.24) is 20.9 Å². The monoisotopic (exact) mass is 357 g/mol. The lowest BCUT2D eigenvalue weighted by Gasteiger charge is -2.21. The van der Waals surface area contributed by atoms with Crippen LogP contribution in [0.15, 0.2) is 4.99 Å². The topological polar surface area (TPSA) is 121 Å². The number of nitrogens with one attached hydrogen (secondary N) is 3. The van der Waals surface area contributed by atoms with E-state index in [1.807, 2.05) is 13.8 Å². The summed E-state index contributed by atoms with van der Waals surface area (Å²) in [7, 11) is 0. The van der Waals surface area contributed by atoms with Crippen molar-refractivity contribution in [1.29, 1.82) is 0 Å². The Morgan fingerprint density at radius 3 is 2.36 bits per heavy atom. The van der Waals surface area contributed by atoms with Gasteiger partial charge in [0.15, 0.2) is 5.96 Å². The summed E-state index contributed by atoms with van der Waals surface area (Å²) in [5.74, 6) is 0.123. The van der Waals surface area contributed by atoms with E-state index in [1.54, 1.807) is 0 Å². The Bertz CT molecular complexity index is 366. The zero-order valence-corrected chi connectivity index (χ0v) is 16.5. The highest BCUT2D eigenvalue weighted by molar-refractivity contribution is 5.81. The third kappa shape index (κ3) is 13.6. The Kier molecular flexibility index (Phi) is 14.1. The molecule has 0 aromatic rings. The van der Waals surface area contributed by atoms with Crippen molar-refractivity contribution in [3.05, 3.63) is 0 Å². The summed E-state index contributed by atoms with van der Waals surface area (Å²) < 4.78 is 0. The van der Waals surface area contributed by atoms with Crippen LogP contribution in [0, 0.1) is 0 Å². The second kappa shape index (κ2) is 14.9. The normalized spacial score (nSPS) is 12.4. The Balaban J connectivity index is 4.02. The molecule has 0 aliphatic rings. The molecule has 0 aliphatic heterocycles. The van der Waals surface area contributed by atoms with Gasteiger partial charge in [-0.2, -0.15) is 0 Å². The molecule has 7 N–H and O–H groups in total. The van der Waals surface area contributed by atoms with Gasteiger partial charge in [0.05, 0.1) is 6.04 Å². The number of hydrogen-bond donors (Lipinski definition) is 5. The van der Waals surface area contributed by atoms with Crippen molar-refractivity contribution in [3.63, 3.8) is 0 Å². The fourth-order valence-electron chi connectivity index (χ4n) is 2.50. The molecule has 0 aromatic carbocycles. The van der Waals surface area contributed by atoms with Crippen molar-refractivity contribution in [3.8, 4) is 0 Å². The third-order valence-corrected chi connectivity index (χ3v) is 3.90. The number of nitrogens with two attached hydrogens (primary N) is 2. The summed E-state index contributed by atoms with van der Waals surface area (Å²) in [6.07, 6.45) is 1.47. The number of rotatable bonds is 15. The molecule has 0 rings (SSSR count). The molecule has 25 heavy (non-hydrogen) atoms. The third-order valence-electron chi connectivity index (χ3n) is 3.90. The first kappa shape index (κ1) is 23.6. The number of carbonyl (C=O) groups is 1. The number of guanidine groups is 1. The van der Waals surface area contributed by atoms with Crippen LogP contribution in [-0.4, -0.2) is 74.7 Å². The van der Waals surface area contributed by atoms with Gasteiger partial charge in [-0.1, -0.05) is 27.7 Å². The molecular weight excluding hydrogens is 318 g/mol. The molecule has 0 radical (unpaired) electrons. The molecule has 8 heteroatoms. The van der Waals surface area contributed by atoms with Crippen molar-refractivity contribution in [2.45, 2.75) is 52.6 Å². The fraction of sp³-hybridized carbons (Fsp3) is 0.882. The van der Waals surface area contributed by atoms with Gasteiger partial charge < -0.3 is 32.3 Å². The van der Waals surface area contributed by atoms with Crippen LogP contribution in [0.1, 0.15) is 40.5 Å². The van der Waals surface area contributed by atoms with Gasteiger partial charge in [-0.3, -0.25) is 9.79 Å². The number of amides is 1. The molecule has 8 nitrogen and oxygen atoms in total. The first-order chi connectivity index (χ1) is 11.9. The maximum absolute atomic E-state index is 12.3. The molecular formula is C17H39N7O. The molecule has 0 saturated carbocycles. The zero-order chi connectivity index (χ0) is 19.1. The predicted molar refractivity (Wildman–Crippen MR) is 106 cm³/mol. The van der Waals surface area contributed by atoms with Gasteiger partial charge in [-0.25, -0.2) is 0 Å². The molecule has 0 bridgehead atoms. The van der Waals surface area contributed by atoms with Crippen molar-refractivity contribution >= 4 is 11.9 Å². The molecule has 1 amide bonds. The number of hydrogen-bond acceptors (Lipinski definition) is 5. The Morgan fingerprint density at radius 1 is 1.12 bits per heavy atom. The Hall–Kier alpha value is -1.38. The van der Waals surface area contributed by atoms with Gasteiger partial charge in [0.2, 0.25) is 5.91 Å². The van der Waals surface area contributed by atoms with Gasteiger partial charge in [-0.15, -0.1) is 0 Å². The van der Waals surface area contributed by atoms with E-state index >= 15 is 0 Å². The minimum absolute atomic E-state index is 0.0314. The first-order valence-electron chi connectivity index (χ1n) is 9.42. The summed E-state index contributed by atoms with van der Waals surface area (Å²) in [4.78, 5) is 18.7. The van der Waals surface area contributed by atoms with Crippen LogP contribution in [0.3, 0.4) is 0 Å². The van der Waals surface area contributed by atoms with Crippen LogP contribution in [0.5, 0.6) is 0 Å². The van der Waals surface area contributed by atoms with Gasteiger partial charge in [-0.05, 0) is 25.9 Å². The van der Waals surface area contributed by atoms with Gasteiger partial charge in [0.1, 0.15) is 0 Å². The second-order valence-electron chi connectivity index (χ2n) is 6.39. The highest BCUT2D eigenvalue weighted by Gasteiger charge is 2.18. The minimum atomic E-state index is -0.218. The first-order valence-corrected chi connectivity index (χ1v) is 9.42. The van der Waals surface area contributed by atoms with Crippen LogP contribution >= 0.6 is 0 Å². The molecule has 1 unspecified atom stereocenters. The molecule has 0 aromatic heterocycles. The molecule has 0 heterocycles. The fourth-order valence-corrected chi connectivity index (χ4v) is 2.50. The Morgan fingerprint density at radius 2 is 1.80 bits per heavy atom. The molecule has 1 atom stereocenters.